The molecular formula is C13H14N2O3. The van der Waals surface area contributed by atoms with Gasteiger partial charge in [0.1, 0.15) is 11.5 Å². The van der Waals surface area contributed by atoms with E-state index >= 15 is 0 Å². The van der Waals surface area contributed by atoms with Gasteiger partial charge in [0.05, 0.1) is 0 Å². The van der Waals surface area contributed by atoms with Crippen LogP contribution in [0.1, 0.15) is 13.3 Å². The van der Waals surface area contributed by atoms with Crippen molar-refractivity contribution in [2.45, 2.75) is 19.9 Å². The molecule has 2 aromatic rings. The summed E-state index contributed by atoms with van der Waals surface area (Å²) in [5.74, 6) is 0.648. The molecule has 0 fully saturated rings. The van der Waals surface area contributed by atoms with Gasteiger partial charge in [0, 0.05) is 18.9 Å². The standard InChI is InChI=1S/C13H14N2O3/c1-2-8-15-9-7-14-12(13(15)17)18-11-5-3-10(16)4-6-11/h3-7,9,16H,2,8H2,1H3. The maximum Gasteiger partial charge on any atom is 0.313 e. The largest absolute Gasteiger partial charge is 0.508 e. The molecule has 94 valence electrons. The van der Waals surface area contributed by atoms with Crippen LogP contribution >= 0.6 is 0 Å². The van der Waals surface area contributed by atoms with Crippen molar-refractivity contribution in [1.29, 1.82) is 0 Å². The first-order valence-electron chi connectivity index (χ1n) is 5.73. The number of benzene rings is 1. The van der Waals surface area contributed by atoms with E-state index in [0.717, 1.165) is 6.42 Å². The molecule has 0 spiro atoms. The van der Waals surface area contributed by atoms with Gasteiger partial charge < -0.3 is 14.4 Å². The molecule has 0 aliphatic carbocycles. The summed E-state index contributed by atoms with van der Waals surface area (Å²) in [6.45, 7) is 2.63. The smallest absolute Gasteiger partial charge is 0.313 e. The zero-order valence-corrected chi connectivity index (χ0v) is 10.0. The van der Waals surface area contributed by atoms with Gasteiger partial charge >= 0.3 is 5.56 Å². The number of aromatic nitrogens is 2. The fourth-order valence-electron chi connectivity index (χ4n) is 1.54. The molecule has 1 aromatic heterocycles. The number of hydrogen-bond donors (Lipinski definition) is 1. The first kappa shape index (κ1) is 12.2. The molecule has 1 aromatic carbocycles. The van der Waals surface area contributed by atoms with Crippen LogP contribution in [0.15, 0.2) is 41.5 Å². The van der Waals surface area contributed by atoms with Crippen molar-refractivity contribution in [2.75, 3.05) is 0 Å². The van der Waals surface area contributed by atoms with Crippen molar-refractivity contribution in [2.24, 2.45) is 0 Å². The Balaban J connectivity index is 2.26. The van der Waals surface area contributed by atoms with Crippen molar-refractivity contribution in [3.63, 3.8) is 0 Å². The van der Waals surface area contributed by atoms with E-state index in [9.17, 15) is 4.79 Å². The topological polar surface area (TPSA) is 64.3 Å². The van der Waals surface area contributed by atoms with Crippen LogP contribution in [0.5, 0.6) is 17.4 Å². The van der Waals surface area contributed by atoms with Crippen molar-refractivity contribution >= 4 is 0 Å². The van der Waals surface area contributed by atoms with E-state index in [4.69, 9.17) is 9.84 Å². The molecule has 5 nitrogen and oxygen atoms in total. The molecule has 0 aliphatic rings. The third kappa shape index (κ3) is 2.68. The van der Waals surface area contributed by atoms with Crippen LogP contribution in [0.3, 0.4) is 0 Å². The average molecular weight is 246 g/mol. The van der Waals surface area contributed by atoms with Gasteiger partial charge in [0.15, 0.2) is 0 Å². The molecule has 0 atom stereocenters. The maximum absolute atomic E-state index is 12.0. The highest BCUT2D eigenvalue weighted by Crippen LogP contribution is 2.19. The van der Waals surface area contributed by atoms with Gasteiger partial charge in [-0.2, -0.15) is 0 Å². The fourth-order valence-corrected chi connectivity index (χ4v) is 1.54. The average Bonchev–Trinajstić information content (AvgIpc) is 2.37. The van der Waals surface area contributed by atoms with E-state index in [0.29, 0.717) is 12.3 Å². The molecule has 0 saturated heterocycles. The molecule has 0 saturated carbocycles. The van der Waals surface area contributed by atoms with Gasteiger partial charge in [0.2, 0.25) is 0 Å². The number of aromatic hydroxyl groups is 1. The van der Waals surface area contributed by atoms with Gasteiger partial charge in [-0.25, -0.2) is 4.98 Å². The molecule has 0 bridgehead atoms. The Kier molecular flexibility index (Phi) is 3.62. The van der Waals surface area contributed by atoms with E-state index in [1.54, 1.807) is 22.9 Å². The number of hydrogen-bond acceptors (Lipinski definition) is 4. The fraction of sp³-hybridized carbons (Fsp3) is 0.231. The van der Waals surface area contributed by atoms with Crippen LogP contribution in [-0.4, -0.2) is 14.7 Å². The van der Waals surface area contributed by atoms with E-state index in [1.807, 2.05) is 6.92 Å². The van der Waals surface area contributed by atoms with Crippen LogP contribution in [0, 0.1) is 0 Å². The predicted molar refractivity (Wildman–Crippen MR) is 67.0 cm³/mol. The quantitative estimate of drug-likeness (QED) is 0.897. The Morgan fingerprint density at radius 3 is 2.72 bits per heavy atom. The Hall–Kier alpha value is -2.30. The predicted octanol–water partition coefficient (Wildman–Crippen LogP) is 2.15. The minimum absolute atomic E-state index is 0.0386. The van der Waals surface area contributed by atoms with Crippen LogP contribution in [-0.2, 0) is 6.54 Å². The molecule has 1 N–H and O–H groups in total. The van der Waals surface area contributed by atoms with Crippen molar-refractivity contribution < 1.29 is 9.84 Å². The molecule has 1 heterocycles. The highest BCUT2D eigenvalue weighted by molar-refractivity contribution is 5.32. The summed E-state index contributed by atoms with van der Waals surface area (Å²) < 4.78 is 6.95. The summed E-state index contributed by atoms with van der Waals surface area (Å²) in [6.07, 6.45) is 4.03. The molecule has 0 aliphatic heterocycles. The van der Waals surface area contributed by atoms with Gasteiger partial charge in [-0.1, -0.05) is 6.92 Å². The zero-order valence-electron chi connectivity index (χ0n) is 10.0. The third-order valence-corrected chi connectivity index (χ3v) is 2.40. The van der Waals surface area contributed by atoms with Crippen molar-refractivity contribution in [1.82, 2.24) is 9.55 Å². The van der Waals surface area contributed by atoms with E-state index in [1.165, 1.54) is 18.3 Å². The van der Waals surface area contributed by atoms with Crippen LogP contribution < -0.4 is 10.3 Å². The number of ether oxygens (including phenoxy) is 1. The summed E-state index contributed by atoms with van der Waals surface area (Å²) in [5, 5.41) is 9.15. The highest BCUT2D eigenvalue weighted by atomic mass is 16.5. The molecule has 0 amide bonds. The molecule has 5 heteroatoms. The lowest BCUT2D eigenvalue weighted by Crippen LogP contribution is -2.21. The Morgan fingerprint density at radius 2 is 2.06 bits per heavy atom. The lowest BCUT2D eigenvalue weighted by atomic mass is 10.3. The van der Waals surface area contributed by atoms with Crippen molar-refractivity contribution in [3.8, 4) is 17.4 Å². The molecule has 18 heavy (non-hydrogen) atoms. The zero-order chi connectivity index (χ0) is 13.0. The monoisotopic (exact) mass is 246 g/mol. The lowest BCUT2D eigenvalue weighted by molar-refractivity contribution is 0.439. The number of phenols is 1. The molecule has 2 rings (SSSR count). The summed E-state index contributed by atoms with van der Waals surface area (Å²) in [5.41, 5.74) is -0.257. The molecule has 0 radical (unpaired) electrons. The lowest BCUT2D eigenvalue weighted by Gasteiger charge is -2.07. The summed E-state index contributed by atoms with van der Waals surface area (Å²) in [4.78, 5) is 15.9. The SMILES string of the molecule is CCCn1ccnc(Oc2ccc(O)cc2)c1=O. The second-order valence-electron chi connectivity index (χ2n) is 3.83. The highest BCUT2D eigenvalue weighted by Gasteiger charge is 2.06. The van der Waals surface area contributed by atoms with E-state index in [-0.39, 0.29) is 17.2 Å². The van der Waals surface area contributed by atoms with Gasteiger partial charge in [-0.05, 0) is 30.7 Å². The minimum atomic E-state index is -0.257. The van der Waals surface area contributed by atoms with Crippen LogP contribution in [0.25, 0.3) is 0 Å². The van der Waals surface area contributed by atoms with E-state index in [2.05, 4.69) is 4.98 Å². The third-order valence-electron chi connectivity index (χ3n) is 2.40. The Morgan fingerprint density at radius 1 is 1.33 bits per heavy atom. The minimum Gasteiger partial charge on any atom is -0.508 e. The number of nitrogens with zero attached hydrogens (tertiary/aromatic N) is 2. The normalized spacial score (nSPS) is 10.3. The first-order chi connectivity index (χ1) is 8.70. The van der Waals surface area contributed by atoms with Crippen LogP contribution in [0.2, 0.25) is 0 Å². The van der Waals surface area contributed by atoms with Gasteiger partial charge in [-0.3, -0.25) is 4.79 Å². The number of phenolic OH excluding ortho intramolecular Hbond substituents is 1. The van der Waals surface area contributed by atoms with E-state index < -0.39 is 0 Å². The van der Waals surface area contributed by atoms with Gasteiger partial charge in [-0.15, -0.1) is 0 Å². The molecule has 0 unspecified atom stereocenters. The number of rotatable bonds is 4. The summed E-state index contributed by atoms with van der Waals surface area (Å²) in [6, 6.07) is 6.13. The van der Waals surface area contributed by atoms with Crippen molar-refractivity contribution in [3.05, 3.63) is 47.0 Å². The number of aryl methyl sites for hydroxylation is 1. The second-order valence-corrected chi connectivity index (χ2v) is 3.83. The second kappa shape index (κ2) is 5.35. The summed E-state index contributed by atoms with van der Waals surface area (Å²) >= 11 is 0. The van der Waals surface area contributed by atoms with Crippen LogP contribution in [0.4, 0.5) is 0 Å². The maximum atomic E-state index is 12.0. The molecular weight excluding hydrogens is 232 g/mol. The van der Waals surface area contributed by atoms with Gasteiger partial charge in [0.25, 0.3) is 5.88 Å². The summed E-state index contributed by atoms with van der Waals surface area (Å²) in [7, 11) is 0. The first-order valence-corrected chi connectivity index (χ1v) is 5.73. The Bertz CT molecular complexity index is 576. The Labute approximate surface area is 104 Å².